The van der Waals surface area contributed by atoms with Crippen molar-refractivity contribution < 1.29 is 13.9 Å². The molecule has 1 aromatic carbocycles. The zero-order valence-corrected chi connectivity index (χ0v) is 8.30. The van der Waals surface area contributed by atoms with E-state index in [4.69, 9.17) is 0 Å². The number of benzene rings is 1. The summed E-state index contributed by atoms with van der Waals surface area (Å²) in [6.45, 7) is 3.69. The van der Waals surface area contributed by atoms with Crippen LogP contribution < -0.4 is 0 Å². The maximum Gasteiger partial charge on any atom is 0.164 e. The Hall–Kier alpha value is -0.960. The lowest BCUT2D eigenvalue weighted by molar-refractivity contribution is 0.111. The quantitative estimate of drug-likeness (QED) is 0.795. The molecular weight excluding hydrogens is 186 g/mol. The minimum atomic E-state index is -0.944. The summed E-state index contributed by atoms with van der Waals surface area (Å²) >= 11 is 0. The SMILES string of the molecule is CCC(C)C(O)c1cccc(F)c1F. The molecule has 0 aliphatic rings. The molecule has 0 radical (unpaired) electrons. The first-order valence-electron chi connectivity index (χ1n) is 4.69. The lowest BCUT2D eigenvalue weighted by Crippen LogP contribution is -2.10. The van der Waals surface area contributed by atoms with Crippen LogP contribution in [-0.4, -0.2) is 5.11 Å². The Labute approximate surface area is 82.4 Å². The standard InChI is InChI=1S/C11H14F2O/c1-3-7(2)11(14)8-5-4-6-9(12)10(8)13/h4-7,11,14H,3H2,1-2H3. The Bertz CT molecular complexity index is 312. The first kappa shape index (κ1) is 11.1. The first-order valence-corrected chi connectivity index (χ1v) is 4.69. The fraction of sp³-hybridized carbons (Fsp3) is 0.455. The lowest BCUT2D eigenvalue weighted by Gasteiger charge is -2.17. The second-order valence-electron chi connectivity index (χ2n) is 3.47. The van der Waals surface area contributed by atoms with Crippen molar-refractivity contribution >= 4 is 0 Å². The Kier molecular flexibility index (Phi) is 3.58. The number of aliphatic hydroxyl groups is 1. The highest BCUT2D eigenvalue weighted by atomic mass is 19.2. The van der Waals surface area contributed by atoms with Crippen molar-refractivity contribution in [3.8, 4) is 0 Å². The van der Waals surface area contributed by atoms with Gasteiger partial charge in [0.1, 0.15) is 0 Å². The lowest BCUT2D eigenvalue weighted by atomic mass is 9.95. The van der Waals surface area contributed by atoms with Crippen molar-refractivity contribution in [1.29, 1.82) is 0 Å². The van der Waals surface area contributed by atoms with E-state index in [9.17, 15) is 13.9 Å². The van der Waals surface area contributed by atoms with Crippen LogP contribution >= 0.6 is 0 Å². The smallest absolute Gasteiger partial charge is 0.164 e. The summed E-state index contributed by atoms with van der Waals surface area (Å²) in [5, 5.41) is 9.69. The molecule has 3 heteroatoms. The number of hydrogen-bond acceptors (Lipinski definition) is 1. The van der Waals surface area contributed by atoms with E-state index in [1.807, 2.05) is 6.92 Å². The molecule has 1 nitrogen and oxygen atoms in total. The molecule has 0 aliphatic carbocycles. The van der Waals surface area contributed by atoms with Crippen LogP contribution in [-0.2, 0) is 0 Å². The Morgan fingerprint density at radius 2 is 2.00 bits per heavy atom. The van der Waals surface area contributed by atoms with Crippen LogP contribution in [0.25, 0.3) is 0 Å². The van der Waals surface area contributed by atoms with Gasteiger partial charge >= 0.3 is 0 Å². The fourth-order valence-corrected chi connectivity index (χ4v) is 1.28. The first-order chi connectivity index (χ1) is 6.57. The highest BCUT2D eigenvalue weighted by Gasteiger charge is 2.19. The van der Waals surface area contributed by atoms with Gasteiger partial charge in [-0.15, -0.1) is 0 Å². The summed E-state index contributed by atoms with van der Waals surface area (Å²) < 4.78 is 26.0. The molecule has 1 aromatic rings. The summed E-state index contributed by atoms with van der Waals surface area (Å²) in [7, 11) is 0. The second kappa shape index (κ2) is 4.51. The molecule has 1 rings (SSSR count). The topological polar surface area (TPSA) is 20.2 Å². The third-order valence-corrected chi connectivity index (χ3v) is 2.48. The van der Waals surface area contributed by atoms with Crippen molar-refractivity contribution in [2.45, 2.75) is 26.4 Å². The Balaban J connectivity index is 3.01. The third-order valence-electron chi connectivity index (χ3n) is 2.48. The summed E-state index contributed by atoms with van der Waals surface area (Å²) in [4.78, 5) is 0. The average Bonchev–Trinajstić information content (AvgIpc) is 2.20. The van der Waals surface area contributed by atoms with E-state index in [0.29, 0.717) is 0 Å². The van der Waals surface area contributed by atoms with Crippen LogP contribution in [0.15, 0.2) is 18.2 Å². The molecule has 0 saturated carbocycles. The van der Waals surface area contributed by atoms with Crippen molar-refractivity contribution in [1.82, 2.24) is 0 Å². The van der Waals surface area contributed by atoms with Crippen molar-refractivity contribution in [2.24, 2.45) is 5.92 Å². The average molecular weight is 200 g/mol. The number of aliphatic hydroxyl groups excluding tert-OH is 1. The van der Waals surface area contributed by atoms with Crippen LogP contribution in [0.1, 0.15) is 31.9 Å². The molecule has 0 spiro atoms. The van der Waals surface area contributed by atoms with Gasteiger partial charge in [0.05, 0.1) is 6.10 Å². The maximum absolute atomic E-state index is 13.2. The molecule has 14 heavy (non-hydrogen) atoms. The summed E-state index contributed by atoms with van der Waals surface area (Å²) in [5.41, 5.74) is 0.0411. The summed E-state index contributed by atoms with van der Waals surface area (Å²) in [6, 6.07) is 3.86. The van der Waals surface area contributed by atoms with Gasteiger partial charge in [0.15, 0.2) is 11.6 Å². The largest absolute Gasteiger partial charge is 0.388 e. The molecule has 0 bridgehead atoms. The van der Waals surface area contributed by atoms with Crippen LogP contribution in [0.4, 0.5) is 8.78 Å². The van der Waals surface area contributed by atoms with Gasteiger partial charge in [0, 0.05) is 5.56 Å². The Morgan fingerprint density at radius 3 is 2.57 bits per heavy atom. The van der Waals surface area contributed by atoms with Gasteiger partial charge in [-0.05, 0) is 12.0 Å². The number of hydrogen-bond donors (Lipinski definition) is 1. The van der Waals surface area contributed by atoms with Crippen LogP contribution in [0, 0.1) is 17.6 Å². The third kappa shape index (κ3) is 2.10. The normalized spacial score (nSPS) is 15.2. The molecular formula is C11H14F2O. The Morgan fingerprint density at radius 1 is 1.36 bits per heavy atom. The van der Waals surface area contributed by atoms with Crippen LogP contribution in [0.5, 0.6) is 0 Å². The van der Waals surface area contributed by atoms with Gasteiger partial charge < -0.3 is 5.11 Å². The number of halogens is 2. The van der Waals surface area contributed by atoms with E-state index in [1.165, 1.54) is 12.1 Å². The van der Waals surface area contributed by atoms with Gasteiger partial charge in [-0.1, -0.05) is 32.4 Å². The summed E-state index contributed by atoms with van der Waals surface area (Å²) in [5.74, 6) is -1.93. The number of rotatable bonds is 3. The molecule has 78 valence electrons. The molecule has 1 N–H and O–H groups in total. The van der Waals surface area contributed by atoms with Crippen molar-refractivity contribution in [3.63, 3.8) is 0 Å². The molecule has 0 aliphatic heterocycles. The van der Waals surface area contributed by atoms with Crippen molar-refractivity contribution in [2.75, 3.05) is 0 Å². The predicted octanol–water partition coefficient (Wildman–Crippen LogP) is 3.04. The molecule has 0 heterocycles. The molecule has 2 unspecified atom stereocenters. The molecule has 0 amide bonds. The predicted molar refractivity (Wildman–Crippen MR) is 50.8 cm³/mol. The van der Waals surface area contributed by atoms with E-state index < -0.39 is 17.7 Å². The van der Waals surface area contributed by atoms with E-state index in [0.717, 1.165) is 12.5 Å². The van der Waals surface area contributed by atoms with Gasteiger partial charge in [-0.25, -0.2) is 8.78 Å². The zero-order chi connectivity index (χ0) is 10.7. The van der Waals surface area contributed by atoms with Crippen molar-refractivity contribution in [3.05, 3.63) is 35.4 Å². The minimum Gasteiger partial charge on any atom is -0.388 e. The maximum atomic E-state index is 13.2. The molecule has 2 atom stereocenters. The van der Waals surface area contributed by atoms with Gasteiger partial charge in [0.25, 0.3) is 0 Å². The molecule has 0 saturated heterocycles. The monoisotopic (exact) mass is 200 g/mol. The summed E-state index contributed by atoms with van der Waals surface area (Å²) in [6.07, 6.45) is -0.215. The highest BCUT2D eigenvalue weighted by molar-refractivity contribution is 5.21. The van der Waals surface area contributed by atoms with Gasteiger partial charge in [-0.2, -0.15) is 0 Å². The molecule has 0 aromatic heterocycles. The van der Waals surface area contributed by atoms with Crippen LogP contribution in [0.3, 0.4) is 0 Å². The second-order valence-corrected chi connectivity index (χ2v) is 3.47. The van der Waals surface area contributed by atoms with E-state index in [2.05, 4.69) is 0 Å². The van der Waals surface area contributed by atoms with E-state index >= 15 is 0 Å². The van der Waals surface area contributed by atoms with E-state index in [1.54, 1.807) is 6.92 Å². The van der Waals surface area contributed by atoms with Gasteiger partial charge in [-0.3, -0.25) is 0 Å². The highest BCUT2D eigenvalue weighted by Crippen LogP contribution is 2.26. The van der Waals surface area contributed by atoms with Crippen LogP contribution in [0.2, 0.25) is 0 Å². The minimum absolute atomic E-state index is 0.0411. The van der Waals surface area contributed by atoms with E-state index in [-0.39, 0.29) is 11.5 Å². The zero-order valence-electron chi connectivity index (χ0n) is 8.30. The van der Waals surface area contributed by atoms with Gasteiger partial charge in [0.2, 0.25) is 0 Å². The fourth-order valence-electron chi connectivity index (χ4n) is 1.28. The molecule has 0 fully saturated rings.